The van der Waals surface area contributed by atoms with Crippen LogP contribution in [0.3, 0.4) is 0 Å². The average Bonchev–Trinajstić information content (AvgIpc) is 2.55. The van der Waals surface area contributed by atoms with Crippen molar-refractivity contribution in [2.75, 3.05) is 11.3 Å². The second-order valence-corrected chi connectivity index (χ2v) is 8.58. The van der Waals surface area contributed by atoms with E-state index in [9.17, 15) is 30.0 Å². The number of sulfonamides is 2. The monoisotopic (exact) mass is 430 g/mol. The molecule has 0 aliphatic rings. The van der Waals surface area contributed by atoms with Crippen molar-refractivity contribution < 1.29 is 30.0 Å². The molecule has 8 nitrogen and oxygen atoms in total. The summed E-state index contributed by atoms with van der Waals surface area (Å²) in [4.78, 5) is 6.49. The van der Waals surface area contributed by atoms with Crippen molar-refractivity contribution in [2.45, 2.75) is 16.0 Å². The number of hydrogen-bond donors (Lipinski definition) is 2. The Morgan fingerprint density at radius 2 is 1.46 bits per heavy atom. The zero-order valence-corrected chi connectivity index (χ0v) is 14.9. The Morgan fingerprint density at radius 3 is 1.92 bits per heavy atom. The van der Waals surface area contributed by atoms with Crippen molar-refractivity contribution >= 4 is 37.5 Å². The summed E-state index contributed by atoms with van der Waals surface area (Å²) in [6, 6.07) is 3.57. The lowest BCUT2D eigenvalue weighted by Crippen LogP contribution is -2.33. The molecule has 0 saturated heterocycles. The standard InChI is InChI=1S/C12H10ClF3N4O4S2/c13-10-5-18-11(6-17-10)20-26(23,24)9-3-1-8(2-4-9)25(21,22)19-7-12(14,15)16/h1-6,19H,7H2,(H,18,20). The maximum atomic E-state index is 12.2. The molecule has 0 atom stereocenters. The molecule has 0 radical (unpaired) electrons. The Bertz CT molecular complexity index is 979. The Hall–Kier alpha value is -1.96. The van der Waals surface area contributed by atoms with E-state index in [1.54, 1.807) is 0 Å². The van der Waals surface area contributed by atoms with Crippen LogP contribution in [0, 0.1) is 0 Å². The van der Waals surface area contributed by atoms with Gasteiger partial charge in [0.25, 0.3) is 10.0 Å². The SMILES string of the molecule is O=S(=O)(NCC(F)(F)F)c1ccc(S(=O)(=O)Nc2cnc(Cl)cn2)cc1. The van der Waals surface area contributed by atoms with Gasteiger partial charge in [0.1, 0.15) is 11.7 Å². The molecule has 0 saturated carbocycles. The third-order valence-corrected chi connectivity index (χ3v) is 5.75. The number of rotatable bonds is 6. The maximum absolute atomic E-state index is 12.2. The summed E-state index contributed by atoms with van der Waals surface area (Å²) in [5.74, 6) is -0.127. The fourth-order valence-electron chi connectivity index (χ4n) is 1.62. The second kappa shape index (κ2) is 7.34. The van der Waals surface area contributed by atoms with Crippen LogP contribution in [0.2, 0.25) is 5.15 Å². The van der Waals surface area contributed by atoms with Gasteiger partial charge in [-0.05, 0) is 24.3 Å². The first-order valence-electron chi connectivity index (χ1n) is 6.56. The molecule has 0 bridgehead atoms. The van der Waals surface area contributed by atoms with Crippen LogP contribution in [0.25, 0.3) is 0 Å². The van der Waals surface area contributed by atoms with Gasteiger partial charge in [0, 0.05) is 0 Å². The van der Waals surface area contributed by atoms with E-state index >= 15 is 0 Å². The summed E-state index contributed by atoms with van der Waals surface area (Å²) in [7, 11) is -8.56. The van der Waals surface area contributed by atoms with Gasteiger partial charge in [0.15, 0.2) is 5.82 Å². The van der Waals surface area contributed by atoms with E-state index in [2.05, 4.69) is 14.7 Å². The van der Waals surface area contributed by atoms with Crippen LogP contribution in [0.15, 0.2) is 46.5 Å². The van der Waals surface area contributed by atoms with Crippen LogP contribution >= 0.6 is 11.6 Å². The van der Waals surface area contributed by atoms with E-state index in [1.165, 1.54) is 4.72 Å². The molecule has 0 aliphatic carbocycles. The van der Waals surface area contributed by atoms with E-state index in [1.807, 2.05) is 0 Å². The lowest BCUT2D eigenvalue weighted by atomic mass is 10.4. The lowest BCUT2D eigenvalue weighted by Gasteiger charge is -2.10. The van der Waals surface area contributed by atoms with E-state index in [0.29, 0.717) is 0 Å². The maximum Gasteiger partial charge on any atom is 0.402 e. The minimum absolute atomic E-state index is 0.0499. The van der Waals surface area contributed by atoms with Gasteiger partial charge in [-0.2, -0.15) is 13.2 Å². The molecule has 0 spiro atoms. The van der Waals surface area contributed by atoms with E-state index < -0.39 is 37.7 Å². The van der Waals surface area contributed by atoms with Crippen LogP contribution in [0.1, 0.15) is 0 Å². The Kier molecular flexibility index (Phi) is 5.75. The molecule has 142 valence electrons. The predicted molar refractivity (Wildman–Crippen MR) is 85.5 cm³/mol. The third-order valence-electron chi connectivity index (χ3n) is 2.77. The van der Waals surface area contributed by atoms with Crippen molar-refractivity contribution in [3.63, 3.8) is 0 Å². The molecular weight excluding hydrogens is 421 g/mol. The van der Waals surface area contributed by atoms with Gasteiger partial charge < -0.3 is 0 Å². The first kappa shape index (κ1) is 20.4. The predicted octanol–water partition coefficient (Wildman–Crippen LogP) is 1.77. The molecule has 2 rings (SSSR count). The number of halogens is 4. The molecule has 14 heteroatoms. The number of hydrogen-bond acceptors (Lipinski definition) is 6. The molecule has 1 aromatic carbocycles. The van der Waals surface area contributed by atoms with Gasteiger partial charge in [-0.1, -0.05) is 11.6 Å². The Labute approximate surface area is 151 Å². The van der Waals surface area contributed by atoms with E-state index in [4.69, 9.17) is 11.6 Å². The molecule has 2 N–H and O–H groups in total. The second-order valence-electron chi connectivity index (χ2n) is 4.74. The summed E-state index contributed by atoms with van der Waals surface area (Å²) in [5, 5.41) is 0.0499. The fourth-order valence-corrected chi connectivity index (χ4v) is 3.73. The van der Waals surface area contributed by atoms with Crippen LogP contribution < -0.4 is 9.44 Å². The summed E-state index contributed by atoms with van der Waals surface area (Å²) in [6.45, 7) is -1.74. The Morgan fingerprint density at radius 1 is 0.923 bits per heavy atom. The molecular formula is C12H10ClF3N4O4S2. The minimum Gasteiger partial charge on any atom is -0.262 e. The zero-order valence-electron chi connectivity index (χ0n) is 12.5. The van der Waals surface area contributed by atoms with Crippen LogP contribution in [-0.4, -0.2) is 39.5 Å². The van der Waals surface area contributed by atoms with Gasteiger partial charge in [-0.15, -0.1) is 0 Å². The average molecular weight is 431 g/mol. The number of aromatic nitrogens is 2. The van der Waals surface area contributed by atoms with Gasteiger partial charge in [0.2, 0.25) is 10.0 Å². The Balaban J connectivity index is 2.18. The topological polar surface area (TPSA) is 118 Å². The largest absolute Gasteiger partial charge is 0.402 e. The van der Waals surface area contributed by atoms with E-state index in [-0.39, 0.29) is 15.9 Å². The number of anilines is 1. The molecule has 2 aromatic rings. The highest BCUT2D eigenvalue weighted by atomic mass is 35.5. The molecule has 0 amide bonds. The van der Waals surface area contributed by atoms with Crippen LogP contribution in [-0.2, 0) is 20.0 Å². The minimum atomic E-state index is -4.72. The normalized spacial score (nSPS) is 12.8. The summed E-state index contributed by atoms with van der Waals surface area (Å²) in [6.07, 6.45) is -2.54. The number of nitrogens with one attached hydrogen (secondary N) is 2. The van der Waals surface area contributed by atoms with Gasteiger partial charge in [0.05, 0.1) is 22.2 Å². The van der Waals surface area contributed by atoms with Crippen molar-refractivity contribution in [3.8, 4) is 0 Å². The van der Waals surface area contributed by atoms with E-state index in [0.717, 1.165) is 36.7 Å². The van der Waals surface area contributed by atoms with Crippen molar-refractivity contribution in [3.05, 3.63) is 41.8 Å². The number of nitrogens with zero attached hydrogens (tertiary/aromatic N) is 2. The quantitative estimate of drug-likeness (QED) is 0.721. The lowest BCUT2D eigenvalue weighted by molar-refractivity contribution is -0.121. The fraction of sp³-hybridized carbons (Fsp3) is 0.167. The van der Waals surface area contributed by atoms with Crippen LogP contribution in [0.5, 0.6) is 0 Å². The highest BCUT2D eigenvalue weighted by molar-refractivity contribution is 7.92. The van der Waals surface area contributed by atoms with Gasteiger partial charge >= 0.3 is 6.18 Å². The highest BCUT2D eigenvalue weighted by Gasteiger charge is 2.30. The first-order valence-corrected chi connectivity index (χ1v) is 9.90. The number of alkyl halides is 3. The van der Waals surface area contributed by atoms with Crippen molar-refractivity contribution in [2.24, 2.45) is 0 Å². The molecule has 1 aromatic heterocycles. The van der Waals surface area contributed by atoms with Gasteiger partial charge in [-0.3, -0.25) is 4.72 Å². The zero-order chi connectivity index (χ0) is 19.6. The molecule has 0 aliphatic heterocycles. The smallest absolute Gasteiger partial charge is 0.262 e. The number of benzene rings is 1. The van der Waals surface area contributed by atoms with Crippen LogP contribution in [0.4, 0.5) is 19.0 Å². The molecule has 0 fully saturated rings. The summed E-state index contributed by atoms with van der Waals surface area (Å²) in [5.41, 5.74) is 0. The van der Waals surface area contributed by atoms with Gasteiger partial charge in [-0.25, -0.2) is 31.5 Å². The third kappa shape index (κ3) is 5.52. The summed E-state index contributed by atoms with van der Waals surface area (Å²) < 4.78 is 87.7. The van der Waals surface area contributed by atoms with Crippen molar-refractivity contribution in [1.29, 1.82) is 0 Å². The summed E-state index contributed by atoms with van der Waals surface area (Å²) >= 11 is 5.53. The first-order chi connectivity index (χ1) is 11.9. The molecule has 1 heterocycles. The molecule has 0 unspecified atom stereocenters. The molecule has 26 heavy (non-hydrogen) atoms. The van der Waals surface area contributed by atoms with Crippen molar-refractivity contribution in [1.82, 2.24) is 14.7 Å². The highest BCUT2D eigenvalue weighted by Crippen LogP contribution is 2.19.